The minimum atomic E-state index is -4.15. The van der Waals surface area contributed by atoms with E-state index in [-0.39, 0.29) is 19.5 Å². The number of halogens is 4. The van der Waals surface area contributed by atoms with E-state index in [9.17, 15) is 13.2 Å². The second kappa shape index (κ2) is 5.54. The Morgan fingerprint density at radius 3 is 2.79 bits per heavy atom. The van der Waals surface area contributed by atoms with Gasteiger partial charge in [0.15, 0.2) is 0 Å². The fourth-order valence-electron chi connectivity index (χ4n) is 2.24. The number of nitrogens with two attached hydrogens (primary N) is 1. The molecule has 0 aromatic carbocycles. The minimum absolute atomic E-state index is 0.0534. The van der Waals surface area contributed by atoms with Gasteiger partial charge in [0.1, 0.15) is 5.82 Å². The molecule has 0 radical (unpaired) electrons. The second-order valence-electron chi connectivity index (χ2n) is 4.63. The highest BCUT2D eigenvalue weighted by Gasteiger charge is 2.42. The fourth-order valence-corrected chi connectivity index (χ4v) is 2.43. The Kier molecular flexibility index (Phi) is 4.20. The van der Waals surface area contributed by atoms with Crippen molar-refractivity contribution in [3.63, 3.8) is 0 Å². The van der Waals surface area contributed by atoms with Crippen molar-refractivity contribution in [1.29, 1.82) is 0 Å². The van der Waals surface area contributed by atoms with Crippen molar-refractivity contribution in [2.24, 2.45) is 11.7 Å². The summed E-state index contributed by atoms with van der Waals surface area (Å²) in [6.07, 6.45) is -3.47. The molecule has 0 bridgehead atoms. The van der Waals surface area contributed by atoms with Crippen LogP contribution in [0.2, 0.25) is 5.02 Å². The van der Waals surface area contributed by atoms with Gasteiger partial charge in [-0.05, 0) is 25.0 Å². The number of anilines is 1. The predicted octanol–water partition coefficient (Wildman–Crippen LogP) is 2.97. The molecule has 0 aliphatic carbocycles. The molecule has 0 amide bonds. The number of aromatic nitrogens is 1. The van der Waals surface area contributed by atoms with E-state index in [1.54, 1.807) is 17.0 Å². The van der Waals surface area contributed by atoms with Crippen LogP contribution in [0.15, 0.2) is 12.1 Å². The Morgan fingerprint density at radius 2 is 2.16 bits per heavy atom. The lowest BCUT2D eigenvalue weighted by Crippen LogP contribution is -2.42. The maximum absolute atomic E-state index is 12.8. The average molecular weight is 294 g/mol. The highest BCUT2D eigenvalue weighted by Crippen LogP contribution is 2.34. The molecular formula is C12H15ClF3N3. The van der Waals surface area contributed by atoms with Crippen molar-refractivity contribution < 1.29 is 13.2 Å². The summed E-state index contributed by atoms with van der Waals surface area (Å²) in [6.45, 7) is 0.691. The zero-order valence-electron chi connectivity index (χ0n) is 10.3. The van der Waals surface area contributed by atoms with Gasteiger partial charge < -0.3 is 10.6 Å². The predicted molar refractivity (Wildman–Crippen MR) is 68.1 cm³/mol. The van der Waals surface area contributed by atoms with E-state index >= 15 is 0 Å². The molecule has 7 heteroatoms. The summed E-state index contributed by atoms with van der Waals surface area (Å²) < 4.78 is 38.3. The molecule has 1 aliphatic rings. The Balaban J connectivity index is 2.17. The number of alkyl halides is 3. The second-order valence-corrected chi connectivity index (χ2v) is 5.04. The number of hydrogen-bond donors (Lipinski definition) is 1. The summed E-state index contributed by atoms with van der Waals surface area (Å²) >= 11 is 5.90. The van der Waals surface area contributed by atoms with Crippen LogP contribution in [0.1, 0.15) is 18.5 Å². The van der Waals surface area contributed by atoms with Gasteiger partial charge in [-0.2, -0.15) is 13.2 Å². The van der Waals surface area contributed by atoms with Crippen molar-refractivity contribution in [3.8, 4) is 0 Å². The lowest BCUT2D eigenvalue weighted by atomic mass is 9.97. The highest BCUT2D eigenvalue weighted by molar-refractivity contribution is 6.31. The molecule has 1 unspecified atom stereocenters. The quantitative estimate of drug-likeness (QED) is 0.911. The highest BCUT2D eigenvalue weighted by atomic mass is 35.5. The minimum Gasteiger partial charge on any atom is -0.356 e. The number of hydrogen-bond acceptors (Lipinski definition) is 3. The molecule has 1 saturated heterocycles. The molecule has 1 aromatic heterocycles. The van der Waals surface area contributed by atoms with Crippen molar-refractivity contribution in [1.82, 2.24) is 4.98 Å². The van der Waals surface area contributed by atoms with E-state index in [0.717, 1.165) is 0 Å². The normalized spacial score (nSPS) is 20.7. The van der Waals surface area contributed by atoms with Crippen LogP contribution >= 0.6 is 11.6 Å². The molecule has 2 rings (SSSR count). The van der Waals surface area contributed by atoms with Gasteiger partial charge in [-0.15, -0.1) is 0 Å². The summed E-state index contributed by atoms with van der Waals surface area (Å²) in [5, 5.41) is 0.440. The van der Waals surface area contributed by atoms with E-state index in [2.05, 4.69) is 4.98 Å². The number of pyridine rings is 1. The maximum Gasteiger partial charge on any atom is 0.393 e. The molecule has 1 atom stereocenters. The van der Waals surface area contributed by atoms with E-state index < -0.39 is 12.1 Å². The van der Waals surface area contributed by atoms with Gasteiger partial charge in [-0.3, -0.25) is 0 Å². The third-order valence-electron chi connectivity index (χ3n) is 3.31. The monoisotopic (exact) mass is 293 g/mol. The zero-order chi connectivity index (χ0) is 14.0. The van der Waals surface area contributed by atoms with Gasteiger partial charge in [0, 0.05) is 19.6 Å². The summed E-state index contributed by atoms with van der Waals surface area (Å²) in [7, 11) is 0. The van der Waals surface area contributed by atoms with Gasteiger partial charge in [0.25, 0.3) is 0 Å². The molecule has 1 aromatic rings. The van der Waals surface area contributed by atoms with E-state index in [1.807, 2.05) is 0 Å². The topological polar surface area (TPSA) is 42.1 Å². The van der Waals surface area contributed by atoms with Gasteiger partial charge in [0.2, 0.25) is 0 Å². The Labute approximate surface area is 114 Å². The van der Waals surface area contributed by atoms with Gasteiger partial charge in [-0.25, -0.2) is 4.98 Å². The number of rotatable bonds is 2. The first-order valence-corrected chi connectivity index (χ1v) is 6.46. The molecule has 1 aliphatic heterocycles. The summed E-state index contributed by atoms with van der Waals surface area (Å²) in [5.74, 6) is -0.779. The van der Waals surface area contributed by atoms with Crippen LogP contribution in [0, 0.1) is 5.92 Å². The SMILES string of the molecule is NCc1nc(N2CCCC(C(F)(F)F)C2)ccc1Cl. The Hall–Kier alpha value is -1.01. The van der Waals surface area contributed by atoms with Gasteiger partial charge >= 0.3 is 6.18 Å². The Morgan fingerprint density at radius 1 is 1.42 bits per heavy atom. The average Bonchev–Trinajstić information content (AvgIpc) is 2.38. The smallest absolute Gasteiger partial charge is 0.356 e. The van der Waals surface area contributed by atoms with E-state index in [0.29, 0.717) is 29.5 Å². The Bertz CT molecular complexity index is 450. The first-order valence-electron chi connectivity index (χ1n) is 6.09. The first-order chi connectivity index (χ1) is 8.91. The molecule has 2 heterocycles. The zero-order valence-corrected chi connectivity index (χ0v) is 11.0. The third-order valence-corrected chi connectivity index (χ3v) is 3.65. The summed E-state index contributed by atoms with van der Waals surface area (Å²) in [6, 6.07) is 3.27. The molecule has 1 fully saturated rings. The molecule has 19 heavy (non-hydrogen) atoms. The van der Waals surface area contributed by atoms with Crippen LogP contribution in [0.4, 0.5) is 19.0 Å². The van der Waals surface area contributed by atoms with E-state index in [4.69, 9.17) is 17.3 Å². The molecular weight excluding hydrogens is 279 g/mol. The van der Waals surface area contributed by atoms with Crippen molar-refractivity contribution in [3.05, 3.63) is 22.8 Å². The molecule has 3 nitrogen and oxygen atoms in total. The molecule has 2 N–H and O–H groups in total. The van der Waals surface area contributed by atoms with E-state index in [1.165, 1.54) is 0 Å². The van der Waals surface area contributed by atoms with Crippen molar-refractivity contribution in [2.75, 3.05) is 18.0 Å². The van der Waals surface area contributed by atoms with Crippen molar-refractivity contribution in [2.45, 2.75) is 25.6 Å². The van der Waals surface area contributed by atoms with Crippen LogP contribution in [-0.2, 0) is 6.54 Å². The van der Waals surface area contributed by atoms with Crippen LogP contribution in [0.25, 0.3) is 0 Å². The molecule has 0 spiro atoms. The van der Waals surface area contributed by atoms with Crippen LogP contribution < -0.4 is 10.6 Å². The molecule has 106 valence electrons. The first kappa shape index (κ1) is 14.4. The number of piperidine rings is 1. The van der Waals surface area contributed by atoms with Gasteiger partial charge in [0.05, 0.1) is 16.6 Å². The summed E-state index contributed by atoms with van der Waals surface area (Å²) in [5.41, 5.74) is 6.01. The van der Waals surface area contributed by atoms with Crippen molar-refractivity contribution >= 4 is 17.4 Å². The van der Waals surface area contributed by atoms with Crippen LogP contribution in [0.5, 0.6) is 0 Å². The van der Waals surface area contributed by atoms with Crippen LogP contribution in [0.3, 0.4) is 0 Å². The standard InChI is InChI=1S/C12H15ClF3N3/c13-9-3-4-11(18-10(9)6-17)19-5-1-2-8(7-19)12(14,15)16/h3-4,8H,1-2,5-7,17H2. The number of nitrogens with zero attached hydrogens (tertiary/aromatic N) is 2. The largest absolute Gasteiger partial charge is 0.393 e. The fraction of sp³-hybridized carbons (Fsp3) is 0.583. The lowest BCUT2D eigenvalue weighted by molar-refractivity contribution is -0.176. The van der Waals surface area contributed by atoms with Crippen LogP contribution in [-0.4, -0.2) is 24.2 Å². The summed E-state index contributed by atoms with van der Waals surface area (Å²) in [4.78, 5) is 5.88. The third kappa shape index (κ3) is 3.30. The maximum atomic E-state index is 12.8. The van der Waals surface area contributed by atoms with Gasteiger partial charge in [-0.1, -0.05) is 11.6 Å². The molecule has 0 saturated carbocycles. The lowest BCUT2D eigenvalue weighted by Gasteiger charge is -2.34.